The van der Waals surface area contributed by atoms with Crippen molar-refractivity contribution < 1.29 is 2.85 Å². The fourth-order valence-corrected chi connectivity index (χ4v) is 9.57. The zero-order chi connectivity index (χ0) is 21.0. The first-order valence-electron chi connectivity index (χ1n) is 9.89. The molecule has 1 saturated carbocycles. The highest BCUT2D eigenvalue weighted by Crippen LogP contribution is 2.43. The van der Waals surface area contributed by atoms with Crippen LogP contribution in [0.2, 0.25) is 6.04 Å². The standard InChI is InChI=1S/C25H25ClN2Si.CH4.2H2/c1-4-7-9-11-13-17-21-27-24-19-15-16-20-25(24)28(29(27,26)23-6-3)22-18-14-12-10-8-5-2;;;/h1-2,6,24-25H,3,15-23H2;1H4;2*1H/t24-,25?,29?;;;/m1.../s1. The quantitative estimate of drug-likeness (QED) is 0.262. The molecular weight excluding hydrogens is 404 g/mol. The molecule has 4 heteroatoms. The van der Waals surface area contributed by atoms with Crippen LogP contribution in [0.3, 0.4) is 0 Å². The summed E-state index contributed by atoms with van der Waals surface area (Å²) >= 11 is 7.42. The van der Waals surface area contributed by atoms with Crippen molar-refractivity contribution in [2.24, 2.45) is 0 Å². The minimum atomic E-state index is -2.38. The van der Waals surface area contributed by atoms with Crippen LogP contribution < -0.4 is 0 Å². The van der Waals surface area contributed by atoms with Gasteiger partial charge in [0.05, 0.1) is 0 Å². The average molecular weight is 437 g/mol. The third kappa shape index (κ3) is 6.52. The van der Waals surface area contributed by atoms with Crippen LogP contribution in [-0.2, 0) is 0 Å². The predicted octanol–water partition coefficient (Wildman–Crippen LogP) is 4.47. The van der Waals surface area contributed by atoms with E-state index in [2.05, 4.69) is 74.9 Å². The monoisotopic (exact) mass is 436 g/mol. The van der Waals surface area contributed by atoms with E-state index in [1.54, 1.807) is 0 Å². The van der Waals surface area contributed by atoms with Gasteiger partial charge >= 0.3 is 7.71 Å². The summed E-state index contributed by atoms with van der Waals surface area (Å²) in [5, 5.41) is 0. The summed E-state index contributed by atoms with van der Waals surface area (Å²) in [5.41, 5.74) is 0. The van der Waals surface area contributed by atoms with E-state index in [0.29, 0.717) is 12.1 Å². The van der Waals surface area contributed by atoms with E-state index in [1.165, 1.54) is 25.7 Å². The predicted molar refractivity (Wildman–Crippen MR) is 135 cm³/mol. The van der Waals surface area contributed by atoms with Crippen LogP contribution in [0.4, 0.5) is 0 Å². The molecule has 2 aliphatic rings. The molecule has 158 valence electrons. The van der Waals surface area contributed by atoms with E-state index >= 15 is 0 Å². The molecule has 0 N–H and O–H groups in total. The molecule has 0 bridgehead atoms. The van der Waals surface area contributed by atoms with E-state index in [9.17, 15) is 0 Å². The molecule has 1 aliphatic carbocycles. The summed E-state index contributed by atoms with van der Waals surface area (Å²) < 4.78 is 5.10. The third-order valence-corrected chi connectivity index (χ3v) is 10.7. The molecule has 2 fully saturated rings. The van der Waals surface area contributed by atoms with Gasteiger partial charge in [-0.3, -0.25) is 9.13 Å². The molecule has 0 spiro atoms. The largest absolute Gasteiger partial charge is 0.311 e. The summed E-state index contributed by atoms with van der Waals surface area (Å²) in [6, 6.07) is 1.79. The van der Waals surface area contributed by atoms with Crippen molar-refractivity contribution in [1.82, 2.24) is 9.13 Å². The number of hydrogen-bond acceptors (Lipinski definition) is 2. The molecule has 2 unspecified atom stereocenters. The van der Waals surface area contributed by atoms with Crippen LogP contribution in [-0.4, -0.2) is 42.0 Å². The van der Waals surface area contributed by atoms with E-state index in [-0.39, 0.29) is 10.3 Å². The van der Waals surface area contributed by atoms with Crippen molar-refractivity contribution in [3.63, 3.8) is 0 Å². The maximum atomic E-state index is 7.42. The van der Waals surface area contributed by atoms with E-state index in [4.69, 9.17) is 23.9 Å². The molecular formula is C26H33ClN2Si. The van der Waals surface area contributed by atoms with E-state index < -0.39 is 7.71 Å². The van der Waals surface area contributed by atoms with Crippen LogP contribution in [0.25, 0.3) is 0 Å². The first kappa shape index (κ1) is 25.6. The molecule has 0 aromatic heterocycles. The Labute approximate surface area is 192 Å². The average Bonchev–Trinajstić information content (AvgIpc) is 2.95. The molecule has 1 saturated heterocycles. The number of allylic oxidation sites excluding steroid dienone is 1. The van der Waals surface area contributed by atoms with Crippen molar-refractivity contribution in [3.05, 3.63) is 12.7 Å². The van der Waals surface area contributed by atoms with Gasteiger partial charge in [0, 0.05) is 46.9 Å². The molecule has 2 nitrogen and oxygen atoms in total. The summed E-state index contributed by atoms with van der Waals surface area (Å²) in [7, 11) is -2.38. The number of terminal acetylenes is 2. The summed E-state index contributed by atoms with van der Waals surface area (Å²) in [6.45, 7) is 5.69. The zero-order valence-corrected chi connectivity index (χ0v) is 18.5. The first-order valence-corrected chi connectivity index (χ1v) is 13.0. The van der Waals surface area contributed by atoms with Crippen LogP contribution in [0.15, 0.2) is 12.7 Å². The third-order valence-electron chi connectivity index (χ3n) is 5.31. The highest BCUT2D eigenvalue weighted by Gasteiger charge is 2.57. The minimum Gasteiger partial charge on any atom is -0.294 e. The van der Waals surface area contributed by atoms with Gasteiger partial charge in [0.1, 0.15) is 0 Å². The summed E-state index contributed by atoms with van der Waals surface area (Å²) in [5.74, 6) is 26.8. The van der Waals surface area contributed by atoms with E-state index in [1.807, 2.05) is 6.08 Å². The lowest BCUT2D eigenvalue weighted by Crippen LogP contribution is -2.56. The number of halogens is 1. The fourth-order valence-electron chi connectivity index (χ4n) is 4.29. The van der Waals surface area contributed by atoms with Gasteiger partial charge in [-0.05, 0) is 60.2 Å². The molecule has 2 rings (SSSR count). The zero-order valence-electron chi connectivity index (χ0n) is 16.7. The molecule has 30 heavy (non-hydrogen) atoms. The highest BCUT2D eigenvalue weighted by atomic mass is 35.6. The van der Waals surface area contributed by atoms with Crippen molar-refractivity contribution in [2.45, 2.75) is 64.1 Å². The molecule has 3 atom stereocenters. The van der Waals surface area contributed by atoms with Gasteiger partial charge in [-0.25, -0.2) is 0 Å². The van der Waals surface area contributed by atoms with Crippen LogP contribution >= 0.6 is 11.1 Å². The van der Waals surface area contributed by atoms with Crippen LogP contribution in [0.5, 0.6) is 0 Å². The van der Waals surface area contributed by atoms with Crippen molar-refractivity contribution in [2.75, 3.05) is 13.1 Å². The summed E-state index contributed by atoms with van der Waals surface area (Å²) in [4.78, 5) is 0. The Kier molecular flexibility index (Phi) is 11.7. The lowest BCUT2D eigenvalue weighted by molar-refractivity contribution is 0.206. The number of nitrogens with zero attached hydrogens (tertiary/aromatic N) is 2. The van der Waals surface area contributed by atoms with Gasteiger partial charge in [0.2, 0.25) is 0 Å². The smallest absolute Gasteiger partial charge is 0.294 e. The Morgan fingerprint density at radius 3 is 1.77 bits per heavy atom. The van der Waals surface area contributed by atoms with Crippen molar-refractivity contribution in [1.29, 1.82) is 0 Å². The van der Waals surface area contributed by atoms with Crippen LogP contribution in [0.1, 0.15) is 48.8 Å². The van der Waals surface area contributed by atoms with Crippen molar-refractivity contribution in [3.8, 4) is 72.1 Å². The first-order chi connectivity index (χ1) is 14.2. The number of rotatable bonds is 6. The lowest BCUT2D eigenvalue weighted by atomic mass is 9.90. The molecule has 1 aliphatic heterocycles. The second kappa shape index (κ2) is 13.7. The van der Waals surface area contributed by atoms with Gasteiger partial charge in [0.15, 0.2) is 0 Å². The maximum absolute atomic E-state index is 7.42. The van der Waals surface area contributed by atoms with Gasteiger partial charge in [0.25, 0.3) is 0 Å². The Balaban J connectivity index is 0. The van der Waals surface area contributed by atoms with Gasteiger partial charge < -0.3 is 0 Å². The van der Waals surface area contributed by atoms with E-state index in [0.717, 1.165) is 32.0 Å². The van der Waals surface area contributed by atoms with Gasteiger partial charge in [-0.2, -0.15) is 0 Å². The topological polar surface area (TPSA) is 6.48 Å². The SMILES string of the molecule is C.C#CC#CC#CCCN1C2CCCC[C@H]2N(CCC#CC#CC#C)[Si]1(Cl)CC=C.[HH].[HH]. The van der Waals surface area contributed by atoms with Gasteiger partial charge in [-0.15, -0.1) is 30.5 Å². The highest BCUT2D eigenvalue weighted by molar-refractivity contribution is 7.17. The summed E-state index contributed by atoms with van der Waals surface area (Å²) in [6.07, 6.45) is 18.5. The fraction of sp³-hybridized carbons (Fsp3) is 0.462. The Hall–Kier alpha value is -2.47. The molecule has 0 radical (unpaired) electrons. The Morgan fingerprint density at radius 1 is 0.900 bits per heavy atom. The lowest BCUT2D eigenvalue weighted by Gasteiger charge is -2.36. The molecule has 0 aromatic carbocycles. The molecule has 1 heterocycles. The maximum Gasteiger partial charge on any atom is 0.311 e. The minimum absolute atomic E-state index is 0. The number of fused-ring (bicyclic) bond motifs is 1. The molecule has 0 amide bonds. The normalized spacial score (nSPS) is 24.2. The van der Waals surface area contributed by atoms with Crippen molar-refractivity contribution >= 4 is 18.8 Å². The Bertz CT molecular complexity index is 864. The van der Waals surface area contributed by atoms with Gasteiger partial charge in [-0.1, -0.05) is 38.2 Å². The Morgan fingerprint density at radius 2 is 1.37 bits per heavy atom. The second-order valence-electron chi connectivity index (χ2n) is 6.91. The van der Waals surface area contributed by atoms with Crippen LogP contribution in [0, 0.1) is 72.1 Å². The second-order valence-corrected chi connectivity index (χ2v) is 11.7. The number of hydrogen-bond donors (Lipinski definition) is 0. The molecule has 0 aromatic rings.